The molecule has 0 N–H and O–H groups in total. The molecule has 0 spiro atoms. The van der Waals surface area contributed by atoms with Gasteiger partial charge in [-0.2, -0.15) is 4.31 Å². The van der Waals surface area contributed by atoms with Crippen LogP contribution >= 0.6 is 11.6 Å². The molecule has 118 valence electrons. The van der Waals surface area contributed by atoms with Crippen molar-refractivity contribution in [1.82, 2.24) is 18.8 Å². The summed E-state index contributed by atoms with van der Waals surface area (Å²) in [6.07, 6.45) is 1.35. The number of piperazine rings is 1. The number of methoxy groups -OCH3 is 1. The highest BCUT2D eigenvalue weighted by atomic mass is 35.5. The van der Waals surface area contributed by atoms with E-state index < -0.39 is 10.0 Å². The second-order valence-corrected chi connectivity index (χ2v) is 6.88. The molecule has 1 amide bonds. The normalized spacial score (nSPS) is 17.2. The zero-order chi connectivity index (χ0) is 15.6. The molecule has 1 aromatic heterocycles. The maximum atomic E-state index is 12.5. The van der Waals surface area contributed by atoms with Gasteiger partial charge in [0.25, 0.3) is 10.0 Å². The van der Waals surface area contributed by atoms with Crippen LogP contribution in [-0.2, 0) is 26.6 Å². The van der Waals surface area contributed by atoms with Crippen LogP contribution in [-0.4, -0.2) is 73.0 Å². The Kier molecular flexibility index (Phi) is 4.87. The number of amides is 1. The highest BCUT2D eigenvalue weighted by Crippen LogP contribution is 2.23. The molecule has 0 saturated carbocycles. The number of sulfonamides is 1. The summed E-state index contributed by atoms with van der Waals surface area (Å²) in [5, 5.41) is -0.0729. The maximum absolute atomic E-state index is 12.5. The van der Waals surface area contributed by atoms with Crippen LogP contribution in [0.25, 0.3) is 0 Å². The first kappa shape index (κ1) is 16.2. The molecule has 0 bridgehead atoms. The van der Waals surface area contributed by atoms with Gasteiger partial charge in [0.15, 0.2) is 0 Å². The number of aryl methyl sites for hydroxylation is 1. The van der Waals surface area contributed by atoms with Gasteiger partial charge in [0.05, 0.1) is 6.33 Å². The number of nitrogens with zero attached hydrogens (tertiary/aromatic N) is 4. The van der Waals surface area contributed by atoms with Gasteiger partial charge in [-0.3, -0.25) is 4.79 Å². The fraction of sp³-hybridized carbons (Fsp3) is 0.636. The molecule has 1 aliphatic rings. The van der Waals surface area contributed by atoms with Gasteiger partial charge in [-0.25, -0.2) is 13.4 Å². The maximum Gasteiger partial charge on any atom is 0.263 e. The molecule has 0 atom stereocenters. The van der Waals surface area contributed by atoms with Crippen molar-refractivity contribution in [3.8, 4) is 0 Å². The van der Waals surface area contributed by atoms with E-state index in [0.717, 1.165) is 0 Å². The third-order valence-corrected chi connectivity index (χ3v) is 5.67. The lowest BCUT2D eigenvalue weighted by Gasteiger charge is -2.33. The lowest BCUT2D eigenvalue weighted by molar-refractivity contribution is -0.136. The average molecular weight is 337 g/mol. The smallest absolute Gasteiger partial charge is 0.263 e. The van der Waals surface area contributed by atoms with Crippen molar-refractivity contribution in [2.45, 2.75) is 5.03 Å². The summed E-state index contributed by atoms with van der Waals surface area (Å²) in [7, 11) is -0.666. The van der Waals surface area contributed by atoms with Gasteiger partial charge in [-0.15, -0.1) is 0 Å². The number of hydrogen-bond acceptors (Lipinski definition) is 5. The van der Waals surface area contributed by atoms with Crippen LogP contribution in [0.3, 0.4) is 0 Å². The van der Waals surface area contributed by atoms with Crippen LogP contribution in [0.15, 0.2) is 11.4 Å². The summed E-state index contributed by atoms with van der Waals surface area (Å²) < 4.78 is 32.4. The number of rotatable bonds is 4. The van der Waals surface area contributed by atoms with E-state index in [2.05, 4.69) is 4.98 Å². The van der Waals surface area contributed by atoms with Crippen LogP contribution < -0.4 is 0 Å². The van der Waals surface area contributed by atoms with E-state index in [-0.39, 0.29) is 35.8 Å². The highest BCUT2D eigenvalue weighted by Gasteiger charge is 2.33. The third kappa shape index (κ3) is 3.20. The van der Waals surface area contributed by atoms with Gasteiger partial charge in [-0.05, 0) is 0 Å². The van der Waals surface area contributed by atoms with Crippen LogP contribution in [0.1, 0.15) is 0 Å². The third-order valence-electron chi connectivity index (χ3n) is 3.28. The molecule has 2 rings (SSSR count). The molecule has 1 aromatic rings. The SMILES string of the molecule is COCC(=O)N1CCN(S(=O)(=O)c2ncn(C)c2Cl)CC1. The summed E-state index contributed by atoms with van der Waals surface area (Å²) in [6.45, 7) is 1.08. The molecule has 0 unspecified atom stereocenters. The molecule has 1 fully saturated rings. The van der Waals surface area contributed by atoms with Crippen molar-refractivity contribution in [2.75, 3.05) is 39.9 Å². The molecule has 21 heavy (non-hydrogen) atoms. The lowest BCUT2D eigenvalue weighted by atomic mass is 10.3. The predicted octanol–water partition coefficient (Wildman–Crippen LogP) is -0.447. The average Bonchev–Trinajstić information content (AvgIpc) is 2.80. The Labute approximate surface area is 128 Å². The van der Waals surface area contributed by atoms with Gasteiger partial charge >= 0.3 is 0 Å². The predicted molar refractivity (Wildman–Crippen MR) is 75.4 cm³/mol. The van der Waals surface area contributed by atoms with Crippen LogP contribution in [0, 0.1) is 0 Å². The van der Waals surface area contributed by atoms with Crippen molar-refractivity contribution < 1.29 is 17.9 Å². The Bertz CT molecular complexity index is 622. The Morgan fingerprint density at radius 1 is 1.38 bits per heavy atom. The molecule has 1 aliphatic heterocycles. The van der Waals surface area contributed by atoms with Crippen molar-refractivity contribution in [3.63, 3.8) is 0 Å². The molecule has 0 aromatic carbocycles. The van der Waals surface area contributed by atoms with E-state index in [4.69, 9.17) is 16.3 Å². The largest absolute Gasteiger partial charge is 0.375 e. The van der Waals surface area contributed by atoms with E-state index in [1.165, 1.54) is 22.3 Å². The van der Waals surface area contributed by atoms with E-state index in [1.807, 2.05) is 0 Å². The quantitative estimate of drug-likeness (QED) is 0.743. The number of aromatic nitrogens is 2. The Hall–Kier alpha value is -1.16. The minimum atomic E-state index is -3.73. The topological polar surface area (TPSA) is 84.7 Å². The minimum absolute atomic E-state index is 0.00117. The summed E-state index contributed by atoms with van der Waals surface area (Å²) in [5.41, 5.74) is 0. The molecule has 8 nitrogen and oxygen atoms in total. The summed E-state index contributed by atoms with van der Waals surface area (Å²) in [5.74, 6) is -0.148. The molecule has 2 heterocycles. The van der Waals surface area contributed by atoms with E-state index >= 15 is 0 Å². The number of halogens is 1. The first-order valence-corrected chi connectivity index (χ1v) is 8.13. The Morgan fingerprint density at radius 3 is 2.48 bits per heavy atom. The molecule has 1 saturated heterocycles. The summed E-state index contributed by atoms with van der Waals surface area (Å²) in [6, 6.07) is 0. The highest BCUT2D eigenvalue weighted by molar-refractivity contribution is 7.89. The van der Waals surface area contributed by atoms with Gasteiger partial charge in [0.2, 0.25) is 10.9 Å². The summed E-state index contributed by atoms with van der Waals surface area (Å²) in [4.78, 5) is 17.1. The van der Waals surface area contributed by atoms with Crippen molar-refractivity contribution in [3.05, 3.63) is 11.5 Å². The van der Waals surface area contributed by atoms with Crippen molar-refractivity contribution >= 4 is 27.5 Å². The first-order chi connectivity index (χ1) is 9.87. The lowest BCUT2D eigenvalue weighted by Crippen LogP contribution is -2.51. The van der Waals surface area contributed by atoms with E-state index in [1.54, 1.807) is 11.9 Å². The zero-order valence-corrected chi connectivity index (χ0v) is 13.4. The number of carbonyl (C=O) groups excluding carboxylic acids is 1. The zero-order valence-electron chi connectivity index (χ0n) is 11.8. The van der Waals surface area contributed by atoms with Crippen LogP contribution in [0.2, 0.25) is 5.15 Å². The van der Waals surface area contributed by atoms with Gasteiger partial charge in [0, 0.05) is 40.3 Å². The molecule has 10 heteroatoms. The molecular formula is C11H17ClN4O4S. The fourth-order valence-electron chi connectivity index (χ4n) is 2.08. The van der Waals surface area contributed by atoms with E-state index in [0.29, 0.717) is 13.1 Å². The minimum Gasteiger partial charge on any atom is -0.375 e. The number of hydrogen-bond donors (Lipinski definition) is 0. The monoisotopic (exact) mass is 336 g/mol. The van der Waals surface area contributed by atoms with Gasteiger partial charge in [0.1, 0.15) is 11.8 Å². The molecule has 0 radical (unpaired) electrons. The van der Waals surface area contributed by atoms with Crippen molar-refractivity contribution in [1.29, 1.82) is 0 Å². The van der Waals surface area contributed by atoms with Crippen LogP contribution in [0.4, 0.5) is 0 Å². The second kappa shape index (κ2) is 6.30. The van der Waals surface area contributed by atoms with Gasteiger partial charge in [-0.1, -0.05) is 11.6 Å². The van der Waals surface area contributed by atoms with E-state index in [9.17, 15) is 13.2 Å². The van der Waals surface area contributed by atoms with Crippen molar-refractivity contribution in [2.24, 2.45) is 7.05 Å². The standard InChI is InChI=1S/C11H17ClN4O4S/c1-14-8-13-11(10(14)12)21(18,19)16-5-3-15(4-6-16)9(17)7-20-2/h8H,3-7H2,1-2H3. The number of ether oxygens (including phenoxy) is 1. The number of carbonyl (C=O) groups is 1. The summed E-state index contributed by atoms with van der Waals surface area (Å²) >= 11 is 5.95. The van der Waals surface area contributed by atoms with Gasteiger partial charge < -0.3 is 14.2 Å². The Morgan fingerprint density at radius 2 is 2.00 bits per heavy atom. The molecule has 0 aliphatic carbocycles. The second-order valence-electron chi connectivity index (χ2n) is 4.67. The molecular weight excluding hydrogens is 320 g/mol. The number of imidazole rings is 1. The van der Waals surface area contributed by atoms with Crippen LogP contribution in [0.5, 0.6) is 0 Å². The fourth-order valence-corrected chi connectivity index (χ4v) is 3.89. The Balaban J connectivity index is 2.08. The first-order valence-electron chi connectivity index (χ1n) is 6.31.